The Bertz CT molecular complexity index is 679. The van der Waals surface area contributed by atoms with E-state index in [0.717, 1.165) is 33.9 Å². The zero-order valence-corrected chi connectivity index (χ0v) is 14.1. The van der Waals surface area contributed by atoms with Crippen LogP contribution in [-0.2, 0) is 16.0 Å². The molecular formula is C16H23N5O2. The molecule has 1 aliphatic heterocycles. The van der Waals surface area contributed by atoms with Gasteiger partial charge < -0.3 is 9.64 Å². The fourth-order valence-electron chi connectivity index (χ4n) is 3.28. The Morgan fingerprint density at radius 2 is 1.87 bits per heavy atom. The van der Waals surface area contributed by atoms with Crippen molar-refractivity contribution in [3.8, 4) is 0 Å². The number of morpholine rings is 1. The normalized spacial score (nSPS) is 18.4. The summed E-state index contributed by atoms with van der Waals surface area (Å²) in [7, 11) is 0. The van der Waals surface area contributed by atoms with E-state index in [1.807, 2.05) is 32.6 Å². The van der Waals surface area contributed by atoms with Gasteiger partial charge in [0.25, 0.3) is 0 Å². The van der Waals surface area contributed by atoms with Gasteiger partial charge in [-0.1, -0.05) is 0 Å². The molecule has 0 saturated carbocycles. The number of hydrogen-bond acceptors (Lipinski definition) is 4. The van der Waals surface area contributed by atoms with Crippen LogP contribution in [-0.4, -0.2) is 51.0 Å². The van der Waals surface area contributed by atoms with Gasteiger partial charge in [0.15, 0.2) is 0 Å². The van der Waals surface area contributed by atoms with Crippen molar-refractivity contribution in [1.82, 2.24) is 25.3 Å². The fourth-order valence-corrected chi connectivity index (χ4v) is 3.28. The number of rotatable bonds is 3. The molecule has 2 N–H and O–H groups in total. The lowest BCUT2D eigenvalue weighted by atomic mass is 10.0. The molecule has 2 aromatic heterocycles. The first-order valence-electron chi connectivity index (χ1n) is 7.88. The predicted octanol–water partition coefficient (Wildman–Crippen LogP) is 1.51. The largest absolute Gasteiger partial charge is 0.377 e. The number of hydrogen-bond donors (Lipinski definition) is 2. The molecule has 0 radical (unpaired) electrons. The maximum absolute atomic E-state index is 12.9. The van der Waals surface area contributed by atoms with E-state index < -0.39 is 0 Å². The van der Waals surface area contributed by atoms with E-state index in [0.29, 0.717) is 26.2 Å². The molecule has 2 aromatic rings. The van der Waals surface area contributed by atoms with E-state index >= 15 is 0 Å². The summed E-state index contributed by atoms with van der Waals surface area (Å²) in [5.74, 6) is 0.103. The second-order valence-corrected chi connectivity index (χ2v) is 6.11. The van der Waals surface area contributed by atoms with E-state index in [1.54, 1.807) is 0 Å². The van der Waals surface area contributed by atoms with Crippen molar-refractivity contribution in [3.05, 3.63) is 33.9 Å². The molecule has 1 amide bonds. The minimum absolute atomic E-state index is 0.0810. The Morgan fingerprint density at radius 3 is 2.48 bits per heavy atom. The third kappa shape index (κ3) is 2.88. The molecule has 0 aliphatic carbocycles. The van der Waals surface area contributed by atoms with Crippen LogP contribution in [0.1, 0.15) is 39.9 Å². The molecule has 3 rings (SSSR count). The molecule has 0 aromatic carbocycles. The van der Waals surface area contributed by atoms with Gasteiger partial charge in [0.05, 0.1) is 37.1 Å². The van der Waals surface area contributed by atoms with Crippen LogP contribution in [0.3, 0.4) is 0 Å². The molecule has 7 heteroatoms. The highest BCUT2D eigenvalue weighted by Gasteiger charge is 2.32. The smallest absolute Gasteiger partial charge is 0.227 e. The maximum Gasteiger partial charge on any atom is 0.227 e. The summed E-state index contributed by atoms with van der Waals surface area (Å²) in [5, 5.41) is 14.4. The van der Waals surface area contributed by atoms with Gasteiger partial charge in [-0.25, -0.2) is 0 Å². The highest BCUT2D eigenvalue weighted by Crippen LogP contribution is 2.29. The Kier molecular flexibility index (Phi) is 4.21. The van der Waals surface area contributed by atoms with Crippen LogP contribution in [0.2, 0.25) is 0 Å². The molecule has 124 valence electrons. The van der Waals surface area contributed by atoms with Crippen LogP contribution >= 0.6 is 0 Å². The molecule has 3 heterocycles. The second-order valence-electron chi connectivity index (χ2n) is 6.11. The SMILES string of the molecule is Cc1n[nH]c(C)c1CC(=O)N1CCOCC1c1c(C)n[nH]c1C. The van der Waals surface area contributed by atoms with Crippen molar-refractivity contribution in [2.24, 2.45) is 0 Å². The maximum atomic E-state index is 12.9. The van der Waals surface area contributed by atoms with E-state index in [2.05, 4.69) is 20.4 Å². The zero-order chi connectivity index (χ0) is 16.6. The number of amides is 1. The molecule has 1 saturated heterocycles. The predicted molar refractivity (Wildman–Crippen MR) is 85.1 cm³/mol. The summed E-state index contributed by atoms with van der Waals surface area (Å²) in [6.45, 7) is 9.50. The van der Waals surface area contributed by atoms with Crippen molar-refractivity contribution in [2.45, 2.75) is 40.2 Å². The number of carbonyl (C=O) groups is 1. The van der Waals surface area contributed by atoms with Gasteiger partial charge in [-0.15, -0.1) is 0 Å². The summed E-state index contributed by atoms with van der Waals surface area (Å²) in [4.78, 5) is 14.8. The van der Waals surface area contributed by atoms with Gasteiger partial charge in [-0.3, -0.25) is 15.0 Å². The minimum Gasteiger partial charge on any atom is -0.377 e. The van der Waals surface area contributed by atoms with E-state index in [1.165, 1.54) is 0 Å². The van der Waals surface area contributed by atoms with Crippen LogP contribution in [0, 0.1) is 27.7 Å². The highest BCUT2D eigenvalue weighted by molar-refractivity contribution is 5.80. The van der Waals surface area contributed by atoms with E-state index in [-0.39, 0.29) is 11.9 Å². The fraction of sp³-hybridized carbons (Fsp3) is 0.562. The monoisotopic (exact) mass is 317 g/mol. The van der Waals surface area contributed by atoms with Crippen LogP contribution in [0.15, 0.2) is 0 Å². The second kappa shape index (κ2) is 6.16. The Morgan fingerprint density at radius 1 is 1.17 bits per heavy atom. The third-order valence-electron chi connectivity index (χ3n) is 4.58. The Labute approximate surface area is 135 Å². The topological polar surface area (TPSA) is 86.9 Å². The van der Waals surface area contributed by atoms with Crippen LogP contribution in [0.4, 0.5) is 0 Å². The number of aromatic amines is 2. The summed E-state index contributed by atoms with van der Waals surface area (Å²) in [5.41, 5.74) is 5.81. The number of nitrogens with zero attached hydrogens (tertiary/aromatic N) is 3. The van der Waals surface area contributed by atoms with Gasteiger partial charge in [0.2, 0.25) is 5.91 Å². The first-order valence-corrected chi connectivity index (χ1v) is 7.88. The van der Waals surface area contributed by atoms with Crippen molar-refractivity contribution in [1.29, 1.82) is 0 Å². The molecule has 7 nitrogen and oxygen atoms in total. The van der Waals surface area contributed by atoms with E-state index in [9.17, 15) is 4.79 Å². The molecule has 1 aliphatic rings. The lowest BCUT2D eigenvalue weighted by molar-refractivity contribution is -0.139. The number of aromatic nitrogens is 4. The average molecular weight is 317 g/mol. The van der Waals surface area contributed by atoms with Gasteiger partial charge >= 0.3 is 0 Å². The summed E-state index contributed by atoms with van der Waals surface area (Å²) in [6, 6.07) is -0.0810. The van der Waals surface area contributed by atoms with Crippen LogP contribution in [0.25, 0.3) is 0 Å². The van der Waals surface area contributed by atoms with Gasteiger partial charge in [-0.2, -0.15) is 10.2 Å². The number of nitrogens with one attached hydrogen (secondary N) is 2. The number of aryl methyl sites for hydroxylation is 4. The standard InChI is InChI=1S/C16H23N5O2/c1-9-13(10(2)18-17-9)7-15(22)21-5-6-23-8-14(21)16-11(3)19-20-12(16)4/h14H,5-8H2,1-4H3,(H,17,18)(H,19,20). The molecule has 1 fully saturated rings. The summed E-state index contributed by atoms with van der Waals surface area (Å²) in [6.07, 6.45) is 0.362. The number of H-pyrrole nitrogens is 2. The molecule has 1 unspecified atom stereocenters. The lowest BCUT2D eigenvalue weighted by Crippen LogP contribution is -2.44. The van der Waals surface area contributed by atoms with Gasteiger partial charge in [0.1, 0.15) is 0 Å². The lowest BCUT2D eigenvalue weighted by Gasteiger charge is -2.36. The third-order valence-corrected chi connectivity index (χ3v) is 4.58. The quantitative estimate of drug-likeness (QED) is 0.898. The summed E-state index contributed by atoms with van der Waals surface area (Å²) >= 11 is 0. The Hall–Kier alpha value is -2.15. The molecule has 1 atom stereocenters. The van der Waals surface area contributed by atoms with E-state index in [4.69, 9.17) is 4.74 Å². The average Bonchev–Trinajstić information content (AvgIpc) is 3.03. The minimum atomic E-state index is -0.0810. The molecule has 0 spiro atoms. The van der Waals surface area contributed by atoms with Crippen LogP contribution < -0.4 is 0 Å². The summed E-state index contributed by atoms with van der Waals surface area (Å²) < 4.78 is 5.62. The molecule has 0 bridgehead atoms. The zero-order valence-electron chi connectivity index (χ0n) is 14.1. The number of ether oxygens (including phenoxy) is 1. The van der Waals surface area contributed by atoms with Crippen molar-refractivity contribution < 1.29 is 9.53 Å². The van der Waals surface area contributed by atoms with Gasteiger partial charge in [-0.05, 0) is 27.7 Å². The highest BCUT2D eigenvalue weighted by atomic mass is 16.5. The first-order chi connectivity index (χ1) is 11.0. The number of carbonyl (C=O) groups excluding carboxylic acids is 1. The van der Waals surface area contributed by atoms with Gasteiger partial charge in [0, 0.05) is 29.1 Å². The Balaban J connectivity index is 1.85. The molecule has 23 heavy (non-hydrogen) atoms. The van der Waals surface area contributed by atoms with Crippen LogP contribution in [0.5, 0.6) is 0 Å². The van der Waals surface area contributed by atoms with Crippen molar-refractivity contribution in [3.63, 3.8) is 0 Å². The first kappa shape index (κ1) is 15.7. The van der Waals surface area contributed by atoms with Crippen molar-refractivity contribution in [2.75, 3.05) is 19.8 Å². The molecular weight excluding hydrogens is 294 g/mol. The van der Waals surface area contributed by atoms with Crippen molar-refractivity contribution >= 4 is 5.91 Å².